The Labute approximate surface area is 59.7 Å². The van der Waals surface area contributed by atoms with Crippen LogP contribution in [0.25, 0.3) is 0 Å². The number of ether oxygens (including phenoxy) is 2. The largest absolute Gasteiger partial charge is 0.466 e. The van der Waals surface area contributed by atoms with Crippen molar-refractivity contribution in [3.63, 3.8) is 0 Å². The summed E-state index contributed by atoms with van der Waals surface area (Å²) in [6.07, 6.45) is -1.15. The molecule has 1 atom stereocenters. The van der Waals surface area contributed by atoms with Crippen LogP contribution in [0.2, 0.25) is 0 Å². The van der Waals surface area contributed by atoms with Gasteiger partial charge in [0.2, 0.25) is 0 Å². The fourth-order valence-electron chi connectivity index (χ4n) is 0.446. The van der Waals surface area contributed by atoms with Gasteiger partial charge in [-0.25, -0.2) is 0 Å². The molecule has 0 aromatic rings. The van der Waals surface area contributed by atoms with Crippen LogP contribution in [0, 0.1) is 0 Å². The molecule has 0 saturated carbocycles. The molecule has 0 heterocycles. The first-order valence-corrected chi connectivity index (χ1v) is 3.07. The predicted octanol–water partition coefficient (Wildman–Crippen LogP) is -0.0956. The topological polar surface area (TPSA) is 55.8 Å². The van der Waals surface area contributed by atoms with Crippen molar-refractivity contribution in [2.75, 3.05) is 13.7 Å². The summed E-state index contributed by atoms with van der Waals surface area (Å²) in [5, 5.41) is 8.73. The average Bonchev–Trinajstić information content (AvgIpc) is 1.88. The monoisotopic (exact) mass is 148 g/mol. The van der Waals surface area contributed by atoms with Gasteiger partial charge in [-0.2, -0.15) is 0 Å². The fourth-order valence-corrected chi connectivity index (χ4v) is 0.446. The number of hydrogen-bond acceptors (Lipinski definition) is 4. The van der Waals surface area contributed by atoms with Gasteiger partial charge in [0.1, 0.15) is 0 Å². The third kappa shape index (κ3) is 4.29. The molecule has 0 aliphatic rings. The van der Waals surface area contributed by atoms with E-state index in [1.807, 2.05) is 0 Å². The van der Waals surface area contributed by atoms with E-state index in [0.717, 1.165) is 0 Å². The molecule has 60 valence electrons. The van der Waals surface area contributed by atoms with Crippen LogP contribution in [0.15, 0.2) is 0 Å². The van der Waals surface area contributed by atoms with Gasteiger partial charge in [0.15, 0.2) is 6.29 Å². The van der Waals surface area contributed by atoms with E-state index in [0.29, 0.717) is 6.61 Å². The van der Waals surface area contributed by atoms with Crippen molar-refractivity contribution in [3.05, 3.63) is 0 Å². The number of hydrogen-bond donors (Lipinski definition) is 1. The number of aliphatic hydroxyl groups is 1. The highest BCUT2D eigenvalue weighted by Crippen LogP contribution is 1.93. The summed E-state index contributed by atoms with van der Waals surface area (Å²) in [6.45, 7) is 2.03. The number of esters is 1. The average molecular weight is 148 g/mol. The lowest BCUT2D eigenvalue weighted by molar-refractivity contribution is -0.154. The van der Waals surface area contributed by atoms with E-state index >= 15 is 0 Å². The molecule has 0 aliphatic heterocycles. The smallest absolute Gasteiger partial charge is 0.310 e. The zero-order chi connectivity index (χ0) is 7.98. The molecule has 0 saturated heterocycles. The van der Waals surface area contributed by atoms with E-state index in [9.17, 15) is 4.79 Å². The summed E-state index contributed by atoms with van der Waals surface area (Å²) in [4.78, 5) is 10.6. The molecular weight excluding hydrogens is 136 g/mol. The van der Waals surface area contributed by atoms with E-state index in [1.165, 1.54) is 7.11 Å². The molecule has 0 rings (SSSR count). The summed E-state index contributed by atoms with van der Waals surface area (Å²) >= 11 is 0. The molecule has 1 unspecified atom stereocenters. The Balaban J connectivity index is 3.37. The van der Waals surface area contributed by atoms with Crippen LogP contribution in [0.5, 0.6) is 0 Å². The lowest BCUT2D eigenvalue weighted by Crippen LogP contribution is -2.16. The number of rotatable bonds is 4. The van der Waals surface area contributed by atoms with Crippen LogP contribution < -0.4 is 0 Å². The molecule has 0 fully saturated rings. The van der Waals surface area contributed by atoms with Gasteiger partial charge in [-0.1, -0.05) is 0 Å². The van der Waals surface area contributed by atoms with Gasteiger partial charge in [0.05, 0.1) is 13.0 Å². The van der Waals surface area contributed by atoms with Gasteiger partial charge in [0.25, 0.3) is 0 Å². The second-order valence-electron chi connectivity index (χ2n) is 1.70. The molecule has 0 amide bonds. The fraction of sp³-hybridized carbons (Fsp3) is 0.833. The number of aliphatic hydroxyl groups excluding tert-OH is 1. The molecule has 0 radical (unpaired) electrons. The Kier molecular flexibility index (Phi) is 4.88. The Bertz CT molecular complexity index is 102. The standard InChI is InChI=1S/C6H12O4/c1-3-10-6(8)4-5(7)9-2/h5,7H,3-4H2,1-2H3. The van der Waals surface area contributed by atoms with Gasteiger partial charge in [-0.15, -0.1) is 0 Å². The number of carbonyl (C=O) groups excluding carboxylic acids is 1. The molecule has 4 nitrogen and oxygen atoms in total. The molecule has 1 N–H and O–H groups in total. The lowest BCUT2D eigenvalue weighted by atomic mass is 10.4. The van der Waals surface area contributed by atoms with Gasteiger partial charge < -0.3 is 14.6 Å². The molecule has 0 bridgehead atoms. The Morgan fingerprint density at radius 3 is 2.70 bits per heavy atom. The first-order chi connectivity index (χ1) is 4.70. The Hall–Kier alpha value is -0.610. The molecule has 0 aliphatic carbocycles. The first kappa shape index (κ1) is 9.39. The van der Waals surface area contributed by atoms with E-state index in [1.54, 1.807) is 6.92 Å². The van der Waals surface area contributed by atoms with Crippen LogP contribution in [0.3, 0.4) is 0 Å². The minimum Gasteiger partial charge on any atom is -0.466 e. The Morgan fingerprint density at radius 2 is 2.30 bits per heavy atom. The second kappa shape index (κ2) is 5.20. The lowest BCUT2D eigenvalue weighted by Gasteiger charge is -2.06. The molecule has 0 aromatic heterocycles. The minimum atomic E-state index is -1.04. The summed E-state index contributed by atoms with van der Waals surface area (Å²) < 4.78 is 8.96. The van der Waals surface area contributed by atoms with Crippen molar-refractivity contribution in [2.24, 2.45) is 0 Å². The third-order valence-electron chi connectivity index (χ3n) is 0.919. The summed E-state index contributed by atoms with van der Waals surface area (Å²) in [7, 11) is 1.32. The normalized spacial score (nSPS) is 12.7. The maximum atomic E-state index is 10.6. The van der Waals surface area contributed by atoms with Crippen molar-refractivity contribution in [3.8, 4) is 0 Å². The highest BCUT2D eigenvalue weighted by atomic mass is 16.6. The van der Waals surface area contributed by atoms with Crippen LogP contribution in [0.1, 0.15) is 13.3 Å². The van der Waals surface area contributed by atoms with Crippen LogP contribution in [-0.4, -0.2) is 31.1 Å². The van der Waals surface area contributed by atoms with Crippen molar-refractivity contribution in [1.29, 1.82) is 0 Å². The molecular formula is C6H12O4. The van der Waals surface area contributed by atoms with Crippen molar-refractivity contribution >= 4 is 5.97 Å². The molecule has 4 heteroatoms. The zero-order valence-corrected chi connectivity index (χ0v) is 6.16. The minimum absolute atomic E-state index is 0.107. The summed E-state index contributed by atoms with van der Waals surface area (Å²) in [5.41, 5.74) is 0. The molecule has 0 spiro atoms. The summed E-state index contributed by atoms with van der Waals surface area (Å²) in [6, 6.07) is 0. The van der Waals surface area contributed by atoms with Gasteiger partial charge in [-0.3, -0.25) is 4.79 Å². The predicted molar refractivity (Wildman–Crippen MR) is 34.3 cm³/mol. The number of methoxy groups -OCH3 is 1. The van der Waals surface area contributed by atoms with Crippen LogP contribution in [0.4, 0.5) is 0 Å². The maximum absolute atomic E-state index is 10.6. The van der Waals surface area contributed by atoms with Crippen LogP contribution >= 0.6 is 0 Å². The Morgan fingerprint density at radius 1 is 1.70 bits per heavy atom. The van der Waals surface area contributed by atoms with Gasteiger partial charge in [0, 0.05) is 7.11 Å². The second-order valence-corrected chi connectivity index (χ2v) is 1.70. The molecule has 10 heavy (non-hydrogen) atoms. The summed E-state index contributed by atoms with van der Waals surface area (Å²) in [5.74, 6) is -0.447. The highest BCUT2D eigenvalue weighted by molar-refractivity contribution is 5.69. The maximum Gasteiger partial charge on any atom is 0.310 e. The first-order valence-electron chi connectivity index (χ1n) is 3.07. The number of carbonyl (C=O) groups is 1. The van der Waals surface area contributed by atoms with E-state index in [4.69, 9.17) is 5.11 Å². The highest BCUT2D eigenvalue weighted by Gasteiger charge is 2.08. The van der Waals surface area contributed by atoms with Crippen molar-refractivity contribution in [2.45, 2.75) is 19.6 Å². The zero-order valence-electron chi connectivity index (χ0n) is 6.16. The van der Waals surface area contributed by atoms with E-state index in [-0.39, 0.29) is 6.42 Å². The quantitative estimate of drug-likeness (QED) is 0.447. The SMILES string of the molecule is CCOC(=O)CC(O)OC. The van der Waals surface area contributed by atoms with Crippen molar-refractivity contribution < 1.29 is 19.4 Å². The third-order valence-corrected chi connectivity index (χ3v) is 0.919. The van der Waals surface area contributed by atoms with Crippen LogP contribution in [-0.2, 0) is 14.3 Å². The van der Waals surface area contributed by atoms with Crippen molar-refractivity contribution in [1.82, 2.24) is 0 Å². The van der Waals surface area contributed by atoms with E-state index < -0.39 is 12.3 Å². The van der Waals surface area contributed by atoms with Gasteiger partial charge in [-0.05, 0) is 6.92 Å². The molecule has 0 aromatic carbocycles. The van der Waals surface area contributed by atoms with E-state index in [2.05, 4.69) is 9.47 Å². The van der Waals surface area contributed by atoms with Gasteiger partial charge >= 0.3 is 5.97 Å².